The van der Waals surface area contributed by atoms with E-state index in [4.69, 9.17) is 0 Å². The summed E-state index contributed by atoms with van der Waals surface area (Å²) in [6, 6.07) is 16.0. The van der Waals surface area contributed by atoms with E-state index in [-0.39, 0.29) is 11.8 Å². The minimum Gasteiger partial charge on any atom is -0.345 e. The lowest BCUT2D eigenvalue weighted by molar-refractivity contribution is -0.129. The first-order valence-corrected chi connectivity index (χ1v) is 10.5. The van der Waals surface area contributed by atoms with Crippen molar-refractivity contribution in [1.82, 2.24) is 4.90 Å². The zero-order valence-electron chi connectivity index (χ0n) is 18.4. The average molecular weight is 395 g/mol. The average Bonchev–Trinajstić information content (AvgIpc) is 2.67. The Hall–Kier alpha value is -2.62. The third-order valence-electron chi connectivity index (χ3n) is 5.06. The molecule has 0 aromatic heterocycles. The van der Waals surface area contributed by atoms with Gasteiger partial charge in [-0.05, 0) is 48.1 Å². The SMILES string of the molecule is CCCN(C)C(=O)Cc1ccc(N(Cc2ccccc2C)C(=O)CC(C)C)cc1. The molecule has 0 aliphatic heterocycles. The molecule has 156 valence electrons. The first kappa shape index (κ1) is 22.7. The maximum atomic E-state index is 13.0. The first-order valence-electron chi connectivity index (χ1n) is 10.5. The number of hydrogen-bond donors (Lipinski definition) is 0. The summed E-state index contributed by atoms with van der Waals surface area (Å²) in [7, 11) is 1.84. The fourth-order valence-electron chi connectivity index (χ4n) is 3.30. The Balaban J connectivity index is 2.20. The van der Waals surface area contributed by atoms with Gasteiger partial charge in [0.1, 0.15) is 0 Å². The normalized spacial score (nSPS) is 10.8. The predicted molar refractivity (Wildman–Crippen MR) is 120 cm³/mol. The molecule has 0 N–H and O–H groups in total. The Bertz CT molecular complexity index is 812. The van der Waals surface area contributed by atoms with E-state index >= 15 is 0 Å². The van der Waals surface area contributed by atoms with E-state index in [1.54, 1.807) is 4.90 Å². The molecule has 4 nitrogen and oxygen atoms in total. The molecule has 2 rings (SSSR count). The number of hydrogen-bond acceptors (Lipinski definition) is 2. The van der Waals surface area contributed by atoms with Gasteiger partial charge in [-0.3, -0.25) is 9.59 Å². The molecule has 2 amide bonds. The van der Waals surface area contributed by atoms with Gasteiger partial charge >= 0.3 is 0 Å². The highest BCUT2D eigenvalue weighted by molar-refractivity contribution is 5.93. The van der Waals surface area contributed by atoms with Crippen molar-refractivity contribution in [1.29, 1.82) is 0 Å². The second-order valence-corrected chi connectivity index (χ2v) is 8.16. The van der Waals surface area contributed by atoms with E-state index < -0.39 is 0 Å². The van der Waals surface area contributed by atoms with Crippen LogP contribution in [0.2, 0.25) is 0 Å². The van der Waals surface area contributed by atoms with E-state index in [1.165, 1.54) is 5.56 Å². The summed E-state index contributed by atoms with van der Waals surface area (Å²) < 4.78 is 0. The maximum absolute atomic E-state index is 13.0. The zero-order chi connectivity index (χ0) is 21.4. The molecule has 2 aromatic carbocycles. The van der Waals surface area contributed by atoms with Gasteiger partial charge in [0.15, 0.2) is 0 Å². The zero-order valence-corrected chi connectivity index (χ0v) is 18.4. The summed E-state index contributed by atoms with van der Waals surface area (Å²) in [6.07, 6.45) is 1.84. The van der Waals surface area contributed by atoms with Crippen molar-refractivity contribution >= 4 is 17.5 Å². The van der Waals surface area contributed by atoms with Crippen LogP contribution >= 0.6 is 0 Å². The molecule has 0 aliphatic rings. The van der Waals surface area contributed by atoms with Crippen LogP contribution in [0, 0.1) is 12.8 Å². The molecule has 0 radical (unpaired) electrons. The van der Waals surface area contributed by atoms with Crippen molar-refractivity contribution in [2.75, 3.05) is 18.5 Å². The van der Waals surface area contributed by atoms with Crippen LogP contribution in [0.1, 0.15) is 50.3 Å². The number of nitrogens with zero attached hydrogens (tertiary/aromatic N) is 2. The van der Waals surface area contributed by atoms with E-state index in [9.17, 15) is 9.59 Å². The molecule has 0 bridgehead atoms. The number of carbonyl (C=O) groups excluding carboxylic acids is 2. The van der Waals surface area contributed by atoms with Crippen LogP contribution < -0.4 is 4.90 Å². The number of carbonyl (C=O) groups is 2. The standard InChI is InChI=1S/C25H34N2O2/c1-6-15-26(5)24(28)17-21-11-13-23(14-12-21)27(25(29)16-19(2)3)18-22-10-8-7-9-20(22)4/h7-14,19H,6,15-18H2,1-5H3. The molecule has 4 heteroatoms. The number of amides is 2. The number of aryl methyl sites for hydroxylation is 1. The quantitative estimate of drug-likeness (QED) is 0.601. The van der Waals surface area contributed by atoms with Gasteiger partial charge in [-0.25, -0.2) is 0 Å². The van der Waals surface area contributed by atoms with Crippen molar-refractivity contribution in [3.8, 4) is 0 Å². The topological polar surface area (TPSA) is 40.6 Å². The minimum atomic E-state index is 0.118. The Morgan fingerprint density at radius 3 is 2.21 bits per heavy atom. The second kappa shape index (κ2) is 10.8. The van der Waals surface area contributed by atoms with Crippen molar-refractivity contribution < 1.29 is 9.59 Å². The molecule has 0 heterocycles. The van der Waals surface area contributed by atoms with Gasteiger partial charge in [0.2, 0.25) is 11.8 Å². The van der Waals surface area contributed by atoms with Crippen LogP contribution in [-0.4, -0.2) is 30.3 Å². The summed E-state index contributed by atoms with van der Waals surface area (Å²) in [5, 5.41) is 0. The summed E-state index contributed by atoms with van der Waals surface area (Å²) in [5.74, 6) is 0.537. The molecular weight excluding hydrogens is 360 g/mol. The summed E-state index contributed by atoms with van der Waals surface area (Å²) in [5.41, 5.74) is 4.16. The van der Waals surface area contributed by atoms with E-state index in [0.29, 0.717) is 25.3 Å². The molecule has 0 saturated carbocycles. The van der Waals surface area contributed by atoms with Gasteiger partial charge in [0.05, 0.1) is 13.0 Å². The van der Waals surface area contributed by atoms with Crippen LogP contribution in [0.5, 0.6) is 0 Å². The smallest absolute Gasteiger partial charge is 0.227 e. The molecule has 0 unspecified atom stereocenters. The largest absolute Gasteiger partial charge is 0.345 e. The highest BCUT2D eigenvalue weighted by Crippen LogP contribution is 2.22. The molecule has 0 saturated heterocycles. The fraction of sp³-hybridized carbons (Fsp3) is 0.440. The van der Waals surface area contributed by atoms with Crippen LogP contribution in [0.25, 0.3) is 0 Å². The third kappa shape index (κ3) is 6.74. The lowest BCUT2D eigenvalue weighted by atomic mass is 10.1. The van der Waals surface area contributed by atoms with Crippen LogP contribution in [0.15, 0.2) is 48.5 Å². The van der Waals surface area contributed by atoms with Crippen molar-refractivity contribution in [3.05, 3.63) is 65.2 Å². The Labute approximate surface area is 175 Å². The lowest BCUT2D eigenvalue weighted by Crippen LogP contribution is -2.31. The van der Waals surface area contributed by atoms with Crippen molar-refractivity contribution in [2.45, 2.75) is 53.5 Å². The molecule has 29 heavy (non-hydrogen) atoms. The van der Waals surface area contributed by atoms with Crippen LogP contribution in [0.3, 0.4) is 0 Å². The van der Waals surface area contributed by atoms with Crippen molar-refractivity contribution in [2.24, 2.45) is 5.92 Å². The van der Waals surface area contributed by atoms with Gasteiger partial charge in [0.25, 0.3) is 0 Å². The lowest BCUT2D eigenvalue weighted by Gasteiger charge is -2.25. The number of anilines is 1. The predicted octanol–water partition coefficient (Wildman–Crippen LogP) is 4.99. The van der Waals surface area contributed by atoms with Crippen LogP contribution in [0.4, 0.5) is 5.69 Å². The summed E-state index contributed by atoms with van der Waals surface area (Å²) >= 11 is 0. The molecule has 2 aromatic rings. The summed E-state index contributed by atoms with van der Waals surface area (Å²) in [4.78, 5) is 28.9. The Morgan fingerprint density at radius 2 is 1.62 bits per heavy atom. The van der Waals surface area contributed by atoms with E-state index in [1.807, 2.05) is 48.3 Å². The first-order chi connectivity index (χ1) is 13.8. The van der Waals surface area contributed by atoms with Crippen LogP contribution in [-0.2, 0) is 22.6 Å². The second-order valence-electron chi connectivity index (χ2n) is 8.16. The highest BCUT2D eigenvalue weighted by atomic mass is 16.2. The van der Waals surface area contributed by atoms with Gasteiger partial charge in [-0.2, -0.15) is 0 Å². The van der Waals surface area contributed by atoms with Gasteiger partial charge < -0.3 is 9.80 Å². The highest BCUT2D eigenvalue weighted by Gasteiger charge is 2.18. The monoisotopic (exact) mass is 394 g/mol. The number of rotatable bonds is 9. The Morgan fingerprint density at radius 1 is 0.966 bits per heavy atom. The van der Waals surface area contributed by atoms with Crippen molar-refractivity contribution in [3.63, 3.8) is 0 Å². The molecule has 0 aliphatic carbocycles. The van der Waals surface area contributed by atoms with Gasteiger partial charge in [-0.1, -0.05) is 57.2 Å². The molecule has 0 spiro atoms. The van der Waals surface area contributed by atoms with E-state index in [0.717, 1.165) is 29.8 Å². The Kier molecular flexibility index (Phi) is 8.44. The molecule has 0 atom stereocenters. The minimum absolute atomic E-state index is 0.118. The third-order valence-corrected chi connectivity index (χ3v) is 5.06. The van der Waals surface area contributed by atoms with Gasteiger partial charge in [-0.15, -0.1) is 0 Å². The van der Waals surface area contributed by atoms with E-state index in [2.05, 4.69) is 39.8 Å². The summed E-state index contributed by atoms with van der Waals surface area (Å²) in [6.45, 7) is 9.58. The molecule has 0 fully saturated rings. The fourth-order valence-corrected chi connectivity index (χ4v) is 3.30. The number of likely N-dealkylation sites (N-methyl/N-ethyl adjacent to an activating group) is 1. The number of benzene rings is 2. The maximum Gasteiger partial charge on any atom is 0.227 e. The molecular formula is C25H34N2O2. The van der Waals surface area contributed by atoms with Gasteiger partial charge in [0, 0.05) is 25.7 Å².